The van der Waals surface area contributed by atoms with Gasteiger partial charge in [0.1, 0.15) is 15.9 Å². The SMILES string of the molecule is C=Cc1ccc(COCOc2ccc(S(=O)(=O)[O-])c(C(=O)OC)c2)cc1. The van der Waals surface area contributed by atoms with Crippen LogP contribution in [0, 0.1) is 0 Å². The highest BCUT2D eigenvalue weighted by Crippen LogP contribution is 2.22. The molecule has 0 aliphatic carbocycles. The van der Waals surface area contributed by atoms with E-state index in [9.17, 15) is 17.8 Å². The minimum atomic E-state index is -4.82. The van der Waals surface area contributed by atoms with Crippen molar-refractivity contribution in [2.24, 2.45) is 0 Å². The van der Waals surface area contributed by atoms with Gasteiger partial charge in [-0.1, -0.05) is 36.9 Å². The van der Waals surface area contributed by atoms with Crippen molar-refractivity contribution in [3.63, 3.8) is 0 Å². The van der Waals surface area contributed by atoms with Gasteiger partial charge in [0.15, 0.2) is 6.79 Å². The quantitative estimate of drug-likeness (QED) is 0.301. The van der Waals surface area contributed by atoms with E-state index in [-0.39, 0.29) is 18.1 Å². The number of esters is 1. The van der Waals surface area contributed by atoms with Gasteiger partial charge in [-0.15, -0.1) is 0 Å². The highest BCUT2D eigenvalue weighted by molar-refractivity contribution is 7.85. The third kappa shape index (κ3) is 5.16. The molecule has 0 radical (unpaired) electrons. The van der Waals surface area contributed by atoms with Crippen LogP contribution < -0.4 is 4.74 Å². The van der Waals surface area contributed by atoms with Crippen LogP contribution in [-0.2, 0) is 26.2 Å². The van der Waals surface area contributed by atoms with Crippen LogP contribution in [0.15, 0.2) is 53.9 Å². The second-order valence-corrected chi connectivity index (χ2v) is 6.51. The van der Waals surface area contributed by atoms with Crippen molar-refractivity contribution in [2.45, 2.75) is 11.5 Å². The van der Waals surface area contributed by atoms with E-state index in [0.717, 1.165) is 30.4 Å². The smallest absolute Gasteiger partial charge is 0.339 e. The minimum absolute atomic E-state index is 0.132. The third-order valence-corrected chi connectivity index (χ3v) is 4.31. The molecule has 0 bridgehead atoms. The van der Waals surface area contributed by atoms with Crippen LogP contribution >= 0.6 is 0 Å². The van der Waals surface area contributed by atoms with E-state index in [1.807, 2.05) is 24.3 Å². The Morgan fingerprint density at radius 3 is 2.46 bits per heavy atom. The summed E-state index contributed by atoms with van der Waals surface area (Å²) in [5.41, 5.74) is 1.54. The molecule has 2 aromatic carbocycles. The second kappa shape index (κ2) is 8.61. The molecule has 0 amide bonds. The van der Waals surface area contributed by atoms with Gasteiger partial charge in [-0.3, -0.25) is 0 Å². The number of carbonyl (C=O) groups is 1. The summed E-state index contributed by atoms with van der Waals surface area (Å²) in [7, 11) is -3.74. The van der Waals surface area contributed by atoms with Gasteiger partial charge in [0.05, 0.1) is 24.2 Å². The Hall–Kier alpha value is -2.68. The average molecular weight is 377 g/mol. The molecule has 0 heterocycles. The van der Waals surface area contributed by atoms with E-state index < -0.39 is 21.0 Å². The first kappa shape index (κ1) is 19.6. The lowest BCUT2D eigenvalue weighted by molar-refractivity contribution is 0.00490. The lowest BCUT2D eigenvalue weighted by Crippen LogP contribution is -2.11. The van der Waals surface area contributed by atoms with Crippen molar-refractivity contribution in [3.8, 4) is 5.75 Å². The number of benzene rings is 2. The summed E-state index contributed by atoms with van der Waals surface area (Å²) in [5.74, 6) is -0.784. The summed E-state index contributed by atoms with van der Waals surface area (Å²) in [6.45, 7) is 3.84. The Bertz CT molecular complexity index is 886. The highest BCUT2D eigenvalue weighted by atomic mass is 32.2. The minimum Gasteiger partial charge on any atom is -0.744 e. The first-order chi connectivity index (χ1) is 12.3. The van der Waals surface area contributed by atoms with Gasteiger partial charge < -0.3 is 18.8 Å². The number of hydrogen-bond donors (Lipinski definition) is 0. The lowest BCUT2D eigenvalue weighted by Gasteiger charge is -2.14. The van der Waals surface area contributed by atoms with Crippen LogP contribution in [0.2, 0.25) is 0 Å². The molecule has 8 heteroatoms. The summed E-state index contributed by atoms with van der Waals surface area (Å²) in [6.07, 6.45) is 1.73. The molecule has 0 aliphatic heterocycles. The van der Waals surface area contributed by atoms with Crippen molar-refractivity contribution in [1.82, 2.24) is 0 Å². The Balaban J connectivity index is 2.00. The van der Waals surface area contributed by atoms with Crippen molar-refractivity contribution in [3.05, 3.63) is 65.7 Å². The van der Waals surface area contributed by atoms with E-state index in [0.29, 0.717) is 6.61 Å². The van der Waals surface area contributed by atoms with Gasteiger partial charge in [-0.2, -0.15) is 0 Å². The second-order valence-electron chi connectivity index (χ2n) is 5.16. The maximum atomic E-state index is 11.7. The molecule has 0 saturated heterocycles. The lowest BCUT2D eigenvalue weighted by atomic mass is 10.1. The topological polar surface area (TPSA) is 102 Å². The molecule has 0 atom stereocenters. The predicted molar refractivity (Wildman–Crippen MR) is 92.6 cm³/mol. The molecular weight excluding hydrogens is 360 g/mol. The zero-order chi connectivity index (χ0) is 19.2. The molecule has 0 fully saturated rings. The first-order valence-electron chi connectivity index (χ1n) is 7.45. The molecule has 0 aliphatic rings. The number of methoxy groups -OCH3 is 1. The maximum absolute atomic E-state index is 11.7. The molecule has 2 aromatic rings. The molecule has 2 rings (SSSR count). The summed E-state index contributed by atoms with van der Waals surface area (Å²) < 4.78 is 48.8. The molecule has 0 saturated carbocycles. The fraction of sp³-hybridized carbons (Fsp3) is 0.167. The van der Waals surface area contributed by atoms with Crippen LogP contribution in [0.25, 0.3) is 6.08 Å². The van der Waals surface area contributed by atoms with E-state index >= 15 is 0 Å². The molecule has 0 N–H and O–H groups in total. The van der Waals surface area contributed by atoms with Gasteiger partial charge in [-0.25, -0.2) is 13.2 Å². The van der Waals surface area contributed by atoms with E-state index in [4.69, 9.17) is 9.47 Å². The monoisotopic (exact) mass is 377 g/mol. The molecule has 7 nitrogen and oxygen atoms in total. The fourth-order valence-electron chi connectivity index (χ4n) is 2.11. The zero-order valence-corrected chi connectivity index (χ0v) is 14.8. The summed E-state index contributed by atoms with van der Waals surface area (Å²) >= 11 is 0. The first-order valence-corrected chi connectivity index (χ1v) is 8.86. The van der Waals surface area contributed by atoms with Crippen LogP contribution in [0.4, 0.5) is 0 Å². The summed E-state index contributed by atoms with van der Waals surface area (Å²) in [6, 6.07) is 11.0. The molecule has 26 heavy (non-hydrogen) atoms. The molecule has 0 aromatic heterocycles. The molecule has 0 unspecified atom stereocenters. The van der Waals surface area contributed by atoms with Crippen LogP contribution in [0.1, 0.15) is 21.5 Å². The Kier molecular flexibility index (Phi) is 6.51. The van der Waals surface area contributed by atoms with Crippen LogP contribution in [-0.4, -0.2) is 32.8 Å². The Labute approximate surface area is 151 Å². The summed E-state index contributed by atoms with van der Waals surface area (Å²) in [4.78, 5) is 11.0. The largest absolute Gasteiger partial charge is 0.744 e. The van der Waals surface area contributed by atoms with Gasteiger partial charge in [0.25, 0.3) is 0 Å². The van der Waals surface area contributed by atoms with E-state index in [1.54, 1.807) is 6.08 Å². The van der Waals surface area contributed by atoms with Crippen molar-refractivity contribution in [1.29, 1.82) is 0 Å². The van der Waals surface area contributed by atoms with E-state index in [1.165, 1.54) is 6.07 Å². The third-order valence-electron chi connectivity index (χ3n) is 3.42. The normalized spacial score (nSPS) is 11.0. The number of ether oxygens (including phenoxy) is 3. The molecule has 138 valence electrons. The van der Waals surface area contributed by atoms with Crippen molar-refractivity contribution < 1.29 is 32.0 Å². The van der Waals surface area contributed by atoms with Gasteiger partial charge >= 0.3 is 5.97 Å². The number of hydrogen-bond acceptors (Lipinski definition) is 7. The predicted octanol–water partition coefficient (Wildman–Crippen LogP) is 2.57. The number of rotatable bonds is 8. The highest BCUT2D eigenvalue weighted by Gasteiger charge is 2.17. The maximum Gasteiger partial charge on any atom is 0.339 e. The molecule has 0 spiro atoms. The van der Waals surface area contributed by atoms with Crippen molar-refractivity contribution >= 4 is 22.2 Å². The summed E-state index contributed by atoms with van der Waals surface area (Å²) in [5, 5.41) is 0. The van der Waals surface area contributed by atoms with Crippen LogP contribution in [0.5, 0.6) is 5.75 Å². The zero-order valence-electron chi connectivity index (χ0n) is 14.0. The van der Waals surface area contributed by atoms with Gasteiger partial charge in [0.2, 0.25) is 0 Å². The number of carbonyl (C=O) groups excluding carboxylic acids is 1. The van der Waals surface area contributed by atoms with Crippen LogP contribution in [0.3, 0.4) is 0 Å². The Morgan fingerprint density at radius 1 is 1.19 bits per heavy atom. The Morgan fingerprint density at radius 2 is 1.88 bits per heavy atom. The van der Waals surface area contributed by atoms with Crippen molar-refractivity contribution in [2.75, 3.05) is 13.9 Å². The van der Waals surface area contributed by atoms with E-state index in [2.05, 4.69) is 11.3 Å². The standard InChI is InChI=1S/C18H18O7S/c1-3-13-4-6-14(7-5-13)11-24-12-25-15-8-9-17(26(20,21)22)16(10-15)18(19)23-2/h3-10H,1,11-12H2,2H3,(H,20,21,22)/p-1. The van der Waals surface area contributed by atoms with Gasteiger partial charge in [-0.05, 0) is 29.3 Å². The molecular formula is C18H17O7S-. The fourth-order valence-corrected chi connectivity index (χ4v) is 2.75. The average Bonchev–Trinajstić information content (AvgIpc) is 2.64. The van der Waals surface area contributed by atoms with Gasteiger partial charge in [0, 0.05) is 0 Å².